The highest BCUT2D eigenvalue weighted by Gasteiger charge is 2.39. The summed E-state index contributed by atoms with van der Waals surface area (Å²) in [5.74, 6) is -0.740. The molecule has 7 heteroatoms. The molecular weight excluding hydrogens is 264 g/mol. The summed E-state index contributed by atoms with van der Waals surface area (Å²) < 4.78 is 9.74. The van der Waals surface area contributed by atoms with Crippen LogP contribution < -0.4 is 5.73 Å². The van der Waals surface area contributed by atoms with Gasteiger partial charge in [0.15, 0.2) is 6.10 Å². The Balaban J connectivity index is 2.08. The first-order chi connectivity index (χ1) is 9.56. The van der Waals surface area contributed by atoms with Crippen molar-refractivity contribution in [2.45, 2.75) is 31.0 Å². The molecular formula is C13H18N2O5. The van der Waals surface area contributed by atoms with Gasteiger partial charge in [-0.3, -0.25) is 4.79 Å². The zero-order valence-electron chi connectivity index (χ0n) is 11.2. The Bertz CT molecular complexity index is 473. The lowest BCUT2D eigenvalue weighted by Crippen LogP contribution is -2.48. The molecule has 1 aromatic rings. The lowest BCUT2D eigenvalue weighted by atomic mass is 10.1. The van der Waals surface area contributed by atoms with Crippen molar-refractivity contribution in [3.05, 3.63) is 24.2 Å². The molecule has 7 nitrogen and oxygen atoms in total. The van der Waals surface area contributed by atoms with Gasteiger partial charge in [-0.1, -0.05) is 0 Å². The zero-order chi connectivity index (χ0) is 14.7. The van der Waals surface area contributed by atoms with E-state index in [0.717, 1.165) is 0 Å². The highest BCUT2D eigenvalue weighted by Crippen LogP contribution is 2.23. The average molecular weight is 282 g/mol. The first kappa shape index (κ1) is 14.5. The number of likely N-dealkylation sites (tertiary alicyclic amines) is 1. The Morgan fingerprint density at radius 2 is 2.35 bits per heavy atom. The standard InChI is InChI=1S/C13H18N2O5/c1-19-13(18)8-4-2-6-15(8)12(17)11(16)10(14)9-5-3-7-20-9/h3,5,7-8,10-11,16H,2,4,6,14H2,1H3/t8-,10+,11-/m0/s1. The molecule has 1 fully saturated rings. The lowest BCUT2D eigenvalue weighted by molar-refractivity contribution is -0.154. The molecule has 0 bridgehead atoms. The maximum Gasteiger partial charge on any atom is 0.328 e. The van der Waals surface area contributed by atoms with Crippen molar-refractivity contribution in [2.24, 2.45) is 5.73 Å². The number of nitrogens with two attached hydrogens (primary N) is 1. The molecule has 1 aliphatic rings. The molecule has 0 unspecified atom stereocenters. The Morgan fingerprint density at radius 1 is 1.60 bits per heavy atom. The minimum atomic E-state index is -1.45. The fourth-order valence-electron chi connectivity index (χ4n) is 2.37. The van der Waals surface area contributed by atoms with Gasteiger partial charge in [0, 0.05) is 6.54 Å². The molecule has 0 saturated carbocycles. The lowest BCUT2D eigenvalue weighted by Gasteiger charge is -2.26. The molecule has 20 heavy (non-hydrogen) atoms. The van der Waals surface area contributed by atoms with Crippen molar-refractivity contribution in [1.29, 1.82) is 0 Å². The van der Waals surface area contributed by atoms with E-state index in [1.54, 1.807) is 12.1 Å². The predicted octanol–water partition coefficient (Wildman–Crippen LogP) is -0.196. The third-order valence-corrected chi connectivity index (χ3v) is 3.47. The number of rotatable bonds is 4. The molecule has 1 aliphatic heterocycles. The molecule has 1 saturated heterocycles. The average Bonchev–Trinajstić information content (AvgIpc) is 3.14. The van der Waals surface area contributed by atoms with Gasteiger partial charge in [0.05, 0.1) is 19.4 Å². The van der Waals surface area contributed by atoms with Crippen LogP contribution in [0.3, 0.4) is 0 Å². The third-order valence-electron chi connectivity index (χ3n) is 3.47. The number of hydrogen-bond donors (Lipinski definition) is 2. The summed E-state index contributed by atoms with van der Waals surface area (Å²) >= 11 is 0. The zero-order valence-corrected chi connectivity index (χ0v) is 11.2. The summed E-state index contributed by atoms with van der Waals surface area (Å²) in [6.07, 6.45) is 1.18. The molecule has 1 amide bonds. The summed E-state index contributed by atoms with van der Waals surface area (Å²) in [6.45, 7) is 0.403. The fourth-order valence-corrected chi connectivity index (χ4v) is 2.37. The number of ether oxygens (including phenoxy) is 1. The molecule has 0 aliphatic carbocycles. The topological polar surface area (TPSA) is 106 Å². The molecule has 0 spiro atoms. The van der Waals surface area contributed by atoms with Crippen molar-refractivity contribution in [2.75, 3.05) is 13.7 Å². The van der Waals surface area contributed by atoms with Crippen LogP contribution in [-0.4, -0.2) is 47.7 Å². The SMILES string of the molecule is COC(=O)[C@@H]1CCCN1C(=O)[C@@H](O)[C@H](N)c1ccco1. The second kappa shape index (κ2) is 6.06. The van der Waals surface area contributed by atoms with Gasteiger partial charge in [-0.25, -0.2) is 4.79 Å². The van der Waals surface area contributed by atoms with E-state index in [-0.39, 0.29) is 0 Å². The van der Waals surface area contributed by atoms with Crippen molar-refractivity contribution >= 4 is 11.9 Å². The summed E-state index contributed by atoms with van der Waals surface area (Å²) in [4.78, 5) is 25.2. The Kier molecular flexibility index (Phi) is 4.41. The Hall–Kier alpha value is -1.86. The summed E-state index contributed by atoms with van der Waals surface area (Å²) in [5.41, 5.74) is 5.80. The van der Waals surface area contributed by atoms with Crippen LogP contribution in [0.2, 0.25) is 0 Å². The van der Waals surface area contributed by atoms with Gasteiger partial charge in [-0.2, -0.15) is 0 Å². The highest BCUT2D eigenvalue weighted by atomic mass is 16.5. The van der Waals surface area contributed by atoms with Gasteiger partial charge in [-0.05, 0) is 25.0 Å². The number of esters is 1. The van der Waals surface area contributed by atoms with Crippen LogP contribution in [-0.2, 0) is 14.3 Å². The molecule has 2 heterocycles. The number of hydrogen-bond acceptors (Lipinski definition) is 6. The van der Waals surface area contributed by atoms with Gasteiger partial charge < -0.3 is 24.9 Å². The van der Waals surface area contributed by atoms with Crippen molar-refractivity contribution < 1.29 is 23.8 Å². The molecule has 0 radical (unpaired) electrons. The maximum absolute atomic E-state index is 12.3. The largest absolute Gasteiger partial charge is 0.468 e. The molecule has 3 atom stereocenters. The van der Waals surface area contributed by atoms with E-state index in [1.165, 1.54) is 18.3 Å². The van der Waals surface area contributed by atoms with E-state index < -0.39 is 30.1 Å². The van der Waals surface area contributed by atoms with Crippen LogP contribution in [0.5, 0.6) is 0 Å². The summed E-state index contributed by atoms with van der Waals surface area (Å²) in [5, 5.41) is 10.1. The van der Waals surface area contributed by atoms with Gasteiger partial charge in [0.25, 0.3) is 5.91 Å². The highest BCUT2D eigenvalue weighted by molar-refractivity contribution is 5.88. The van der Waals surface area contributed by atoms with E-state index in [0.29, 0.717) is 25.1 Å². The summed E-state index contributed by atoms with van der Waals surface area (Å²) in [6, 6.07) is 1.60. The van der Waals surface area contributed by atoms with Crippen molar-refractivity contribution in [3.63, 3.8) is 0 Å². The van der Waals surface area contributed by atoms with Crippen LogP contribution in [0.25, 0.3) is 0 Å². The van der Waals surface area contributed by atoms with Crippen molar-refractivity contribution in [1.82, 2.24) is 4.90 Å². The second-order valence-electron chi connectivity index (χ2n) is 4.70. The van der Waals surface area contributed by atoms with Crippen LogP contribution >= 0.6 is 0 Å². The fraction of sp³-hybridized carbons (Fsp3) is 0.538. The number of aliphatic hydroxyl groups is 1. The summed E-state index contributed by atoms with van der Waals surface area (Å²) in [7, 11) is 1.27. The molecule has 3 N–H and O–H groups in total. The van der Waals surface area contributed by atoms with E-state index in [9.17, 15) is 14.7 Å². The van der Waals surface area contributed by atoms with Gasteiger partial charge >= 0.3 is 5.97 Å². The molecule has 0 aromatic carbocycles. The minimum absolute atomic E-state index is 0.319. The van der Waals surface area contributed by atoms with Crippen LogP contribution in [0.1, 0.15) is 24.6 Å². The van der Waals surface area contributed by atoms with E-state index in [2.05, 4.69) is 4.74 Å². The van der Waals surface area contributed by atoms with Gasteiger partial charge in [0.2, 0.25) is 0 Å². The monoisotopic (exact) mass is 282 g/mol. The van der Waals surface area contributed by atoms with E-state index in [4.69, 9.17) is 10.2 Å². The number of nitrogens with zero attached hydrogens (tertiary/aromatic N) is 1. The second-order valence-corrected chi connectivity index (χ2v) is 4.70. The normalized spacial score (nSPS) is 21.6. The van der Waals surface area contributed by atoms with Crippen LogP contribution in [0, 0.1) is 0 Å². The number of aliphatic hydroxyl groups excluding tert-OH is 1. The smallest absolute Gasteiger partial charge is 0.328 e. The van der Waals surface area contributed by atoms with Gasteiger partial charge in [-0.15, -0.1) is 0 Å². The minimum Gasteiger partial charge on any atom is -0.468 e. The van der Waals surface area contributed by atoms with E-state index in [1.807, 2.05) is 0 Å². The first-order valence-electron chi connectivity index (χ1n) is 6.41. The van der Waals surface area contributed by atoms with Gasteiger partial charge in [0.1, 0.15) is 11.8 Å². The Labute approximate surface area is 116 Å². The number of amides is 1. The Morgan fingerprint density at radius 3 is 2.95 bits per heavy atom. The first-order valence-corrected chi connectivity index (χ1v) is 6.41. The predicted molar refractivity (Wildman–Crippen MR) is 68.4 cm³/mol. The number of furan rings is 1. The third kappa shape index (κ3) is 2.68. The quantitative estimate of drug-likeness (QED) is 0.741. The maximum atomic E-state index is 12.3. The molecule has 2 rings (SSSR count). The number of carbonyl (C=O) groups excluding carboxylic acids is 2. The van der Waals surface area contributed by atoms with Crippen LogP contribution in [0.15, 0.2) is 22.8 Å². The molecule has 1 aromatic heterocycles. The molecule has 110 valence electrons. The van der Waals surface area contributed by atoms with E-state index >= 15 is 0 Å². The van der Waals surface area contributed by atoms with Crippen LogP contribution in [0.4, 0.5) is 0 Å². The van der Waals surface area contributed by atoms with Crippen molar-refractivity contribution in [3.8, 4) is 0 Å². The number of carbonyl (C=O) groups is 2. The number of methoxy groups -OCH3 is 1.